The molecule has 0 aromatic heterocycles. The molecule has 3 rings (SSSR count). The van der Waals surface area contributed by atoms with E-state index in [2.05, 4.69) is 62.8 Å². The van der Waals surface area contributed by atoms with Crippen molar-refractivity contribution in [1.29, 1.82) is 0 Å². The zero-order valence-electron chi connectivity index (χ0n) is 59.8. The zero-order chi connectivity index (χ0) is 63.3. The van der Waals surface area contributed by atoms with E-state index >= 15 is 0 Å². The standard InChI is InChI=1S/C80H152N4O4/c1-7-9-11-13-33-39-53-69-65-71(55-43-49-63-79(87)83-75-59-47-45-57-73(75)81-77(85)61-41-35-29-25-21-17-15-16-19-23-27-31-37-51-67(3)4)72(66-70(69)54-40-34-14-12-10-8-2)56-44-50-64-80(88)84-76-60-48-46-58-74(76)82-78(86)62-42-36-30-26-22-18-20-24-28-32-38-52-68(5)6/h67-76H,7-66H2,1-6H3,(H,81,85)(H,82,86)(H,83,87)(H,84,88)/t69?,70?,71?,72?,73-,74+,75-,76+/m1/s1. The van der Waals surface area contributed by atoms with Gasteiger partial charge in [-0.25, -0.2) is 0 Å². The molecule has 3 fully saturated rings. The lowest BCUT2D eigenvalue weighted by molar-refractivity contribution is -0.125. The van der Waals surface area contributed by atoms with E-state index in [1.54, 1.807) is 0 Å². The Balaban J connectivity index is 1.43. The molecule has 4 amide bonds. The summed E-state index contributed by atoms with van der Waals surface area (Å²) in [6, 6.07) is 0.197. The van der Waals surface area contributed by atoms with Crippen molar-refractivity contribution in [2.45, 2.75) is 451 Å². The van der Waals surface area contributed by atoms with Gasteiger partial charge in [0.2, 0.25) is 23.6 Å². The van der Waals surface area contributed by atoms with Gasteiger partial charge in [0.05, 0.1) is 0 Å². The van der Waals surface area contributed by atoms with Gasteiger partial charge in [-0.2, -0.15) is 0 Å². The largest absolute Gasteiger partial charge is 0.351 e. The molecule has 3 aliphatic rings. The Morgan fingerprint density at radius 1 is 0.273 bits per heavy atom. The summed E-state index contributed by atoms with van der Waals surface area (Å²) in [5.41, 5.74) is 0. The summed E-state index contributed by atoms with van der Waals surface area (Å²) in [5.74, 6) is 5.40. The van der Waals surface area contributed by atoms with E-state index in [1.165, 1.54) is 257 Å². The Hall–Kier alpha value is -2.12. The minimum Gasteiger partial charge on any atom is -0.351 e. The first-order valence-corrected chi connectivity index (χ1v) is 40.2. The number of amides is 4. The maximum Gasteiger partial charge on any atom is 0.220 e. The highest BCUT2D eigenvalue weighted by molar-refractivity contribution is 5.78. The average molecular weight is 1230 g/mol. The molecular formula is C80H152N4O4. The summed E-state index contributed by atoms with van der Waals surface area (Å²) in [6.45, 7) is 14.0. The summed E-state index contributed by atoms with van der Waals surface area (Å²) >= 11 is 0. The molecule has 0 heterocycles. The summed E-state index contributed by atoms with van der Waals surface area (Å²) in [6.07, 6.45) is 73.2. The highest BCUT2D eigenvalue weighted by Crippen LogP contribution is 2.46. The zero-order valence-corrected chi connectivity index (χ0v) is 59.8. The highest BCUT2D eigenvalue weighted by atomic mass is 16.2. The third-order valence-corrected chi connectivity index (χ3v) is 21.6. The second kappa shape index (κ2) is 55.3. The Kier molecular flexibility index (Phi) is 50.4. The van der Waals surface area contributed by atoms with Crippen LogP contribution in [0.25, 0.3) is 0 Å². The van der Waals surface area contributed by atoms with E-state index in [4.69, 9.17) is 0 Å². The van der Waals surface area contributed by atoms with Crippen LogP contribution in [-0.4, -0.2) is 47.8 Å². The molecule has 0 bridgehead atoms. The quantitative estimate of drug-likeness (QED) is 0.0454. The topological polar surface area (TPSA) is 116 Å². The number of unbranched alkanes of at least 4 members (excludes halogenated alkanes) is 34. The highest BCUT2D eigenvalue weighted by Gasteiger charge is 2.36. The number of carbonyl (C=O) groups is 4. The van der Waals surface area contributed by atoms with Crippen molar-refractivity contribution in [3.8, 4) is 0 Å². The van der Waals surface area contributed by atoms with Crippen molar-refractivity contribution in [3.05, 3.63) is 0 Å². The van der Waals surface area contributed by atoms with E-state index in [0.29, 0.717) is 37.5 Å². The molecule has 0 aromatic carbocycles. The fraction of sp³-hybridized carbons (Fsp3) is 0.950. The van der Waals surface area contributed by atoms with Crippen LogP contribution in [0.3, 0.4) is 0 Å². The normalized spacial score (nSPS) is 21.5. The predicted octanol–water partition coefficient (Wildman–Crippen LogP) is 23.2. The SMILES string of the molecule is CCCCCCCCC1CC(CCCCC(=O)N[C@H]2CCCC[C@@H]2NC(=O)CCCCCCCCCCCCCC(C)C)C(CCCCC(=O)N[C@@H]2CCCC[C@H]2NC(=O)CCCCCCCCCCCCCCCC(C)C)CC1CCCCCCCC. The molecule has 8 nitrogen and oxygen atoms in total. The molecule has 0 saturated heterocycles. The molecule has 88 heavy (non-hydrogen) atoms. The van der Waals surface area contributed by atoms with Crippen molar-refractivity contribution in [1.82, 2.24) is 21.3 Å². The first-order valence-electron chi connectivity index (χ1n) is 40.2. The molecule has 0 radical (unpaired) electrons. The number of hydrogen-bond acceptors (Lipinski definition) is 4. The van der Waals surface area contributed by atoms with E-state index < -0.39 is 0 Å². The van der Waals surface area contributed by atoms with E-state index in [9.17, 15) is 19.2 Å². The van der Waals surface area contributed by atoms with Gasteiger partial charge < -0.3 is 21.3 Å². The lowest BCUT2D eigenvalue weighted by atomic mass is 9.63. The van der Waals surface area contributed by atoms with Gasteiger partial charge in [0.25, 0.3) is 0 Å². The summed E-state index contributed by atoms with van der Waals surface area (Å²) in [4.78, 5) is 53.7. The minimum absolute atomic E-state index is 0.0457. The maximum absolute atomic E-state index is 13.7. The monoisotopic (exact) mass is 1230 g/mol. The maximum atomic E-state index is 13.7. The molecule has 0 aliphatic heterocycles. The van der Waals surface area contributed by atoms with E-state index in [1.807, 2.05) is 0 Å². The molecule has 0 aromatic rings. The lowest BCUT2D eigenvalue weighted by Gasteiger charge is -2.42. The number of hydrogen-bond donors (Lipinski definition) is 4. The third kappa shape index (κ3) is 42.9. The van der Waals surface area contributed by atoms with Gasteiger partial charge in [-0.15, -0.1) is 0 Å². The molecule has 4 N–H and O–H groups in total. The first-order chi connectivity index (χ1) is 43.0. The first kappa shape index (κ1) is 80.1. The van der Waals surface area contributed by atoms with Crippen LogP contribution < -0.4 is 21.3 Å². The molecule has 3 aliphatic carbocycles. The van der Waals surface area contributed by atoms with Crippen LogP contribution in [0.1, 0.15) is 427 Å². The van der Waals surface area contributed by atoms with Crippen molar-refractivity contribution in [2.24, 2.45) is 35.5 Å². The van der Waals surface area contributed by atoms with E-state index in [-0.39, 0.29) is 47.8 Å². The Bertz CT molecular complexity index is 1650. The molecule has 0 spiro atoms. The van der Waals surface area contributed by atoms with Crippen LogP contribution in [0.15, 0.2) is 0 Å². The van der Waals surface area contributed by atoms with Crippen molar-refractivity contribution in [3.63, 3.8) is 0 Å². The van der Waals surface area contributed by atoms with Gasteiger partial charge in [0, 0.05) is 49.9 Å². The molecule has 8 atom stereocenters. The van der Waals surface area contributed by atoms with Crippen LogP contribution in [0.5, 0.6) is 0 Å². The van der Waals surface area contributed by atoms with Crippen LogP contribution in [0, 0.1) is 35.5 Å². The average Bonchev–Trinajstić information content (AvgIpc) is 2.02. The van der Waals surface area contributed by atoms with Gasteiger partial charge in [-0.1, -0.05) is 337 Å². The van der Waals surface area contributed by atoms with Crippen LogP contribution in [0.4, 0.5) is 0 Å². The molecule has 3 saturated carbocycles. The van der Waals surface area contributed by atoms with E-state index in [0.717, 1.165) is 126 Å². The Labute approximate surface area is 547 Å². The molecule has 4 unspecified atom stereocenters. The van der Waals surface area contributed by atoms with Crippen molar-refractivity contribution < 1.29 is 19.2 Å². The van der Waals surface area contributed by atoms with Crippen LogP contribution in [-0.2, 0) is 19.2 Å². The van der Waals surface area contributed by atoms with Crippen LogP contribution >= 0.6 is 0 Å². The van der Waals surface area contributed by atoms with Crippen molar-refractivity contribution >= 4 is 23.6 Å². The molecule has 8 heteroatoms. The molecular weight excluding hydrogens is 1080 g/mol. The van der Waals surface area contributed by atoms with Gasteiger partial charge in [-0.3, -0.25) is 19.2 Å². The number of nitrogens with one attached hydrogen (secondary N) is 4. The number of carbonyl (C=O) groups excluding carboxylic acids is 4. The third-order valence-electron chi connectivity index (χ3n) is 21.6. The summed E-state index contributed by atoms with van der Waals surface area (Å²) in [7, 11) is 0. The second-order valence-electron chi connectivity index (χ2n) is 30.7. The Morgan fingerprint density at radius 3 is 0.705 bits per heavy atom. The van der Waals surface area contributed by atoms with Crippen molar-refractivity contribution in [2.75, 3.05) is 0 Å². The van der Waals surface area contributed by atoms with Gasteiger partial charge in [0.15, 0.2) is 0 Å². The minimum atomic E-state index is 0.0457. The fourth-order valence-corrected chi connectivity index (χ4v) is 16.0. The predicted molar refractivity (Wildman–Crippen MR) is 380 cm³/mol. The molecule has 516 valence electrons. The summed E-state index contributed by atoms with van der Waals surface area (Å²) in [5, 5.41) is 13.6. The van der Waals surface area contributed by atoms with Crippen LogP contribution in [0.2, 0.25) is 0 Å². The van der Waals surface area contributed by atoms with Gasteiger partial charge >= 0.3 is 0 Å². The summed E-state index contributed by atoms with van der Waals surface area (Å²) < 4.78 is 0. The fourth-order valence-electron chi connectivity index (χ4n) is 16.0. The van der Waals surface area contributed by atoms with Gasteiger partial charge in [0.1, 0.15) is 0 Å². The lowest BCUT2D eigenvalue weighted by Crippen LogP contribution is -2.53. The smallest absolute Gasteiger partial charge is 0.220 e. The second-order valence-corrected chi connectivity index (χ2v) is 30.7. The van der Waals surface area contributed by atoms with Gasteiger partial charge in [-0.05, 0) is 99.7 Å². The Morgan fingerprint density at radius 2 is 0.466 bits per heavy atom. The number of rotatable bonds is 58.